The van der Waals surface area contributed by atoms with Crippen LogP contribution in [0.1, 0.15) is 47.2 Å². The van der Waals surface area contributed by atoms with E-state index in [-0.39, 0.29) is 18.3 Å². The van der Waals surface area contributed by atoms with Crippen molar-refractivity contribution in [2.75, 3.05) is 6.61 Å². The van der Waals surface area contributed by atoms with Crippen LogP contribution in [0.5, 0.6) is 5.75 Å². The maximum atomic E-state index is 12.0. The number of benzene rings is 1. The highest BCUT2D eigenvalue weighted by Crippen LogP contribution is 2.28. The smallest absolute Gasteiger partial charge is 0.248 e. The molecule has 0 aromatic heterocycles. The predicted octanol–water partition coefficient (Wildman–Crippen LogP) is 2.54. The zero-order chi connectivity index (χ0) is 14.7. The average Bonchev–Trinajstić information content (AvgIpc) is 2.91. The number of hydrogen-bond acceptors (Lipinski definition) is 3. The molecule has 1 aromatic carbocycles. The molecule has 1 aliphatic rings. The Labute approximate surface area is 119 Å². The van der Waals surface area contributed by atoms with Gasteiger partial charge in [-0.1, -0.05) is 12.8 Å². The molecule has 0 aliphatic heterocycles. The van der Waals surface area contributed by atoms with Crippen LogP contribution in [0.2, 0.25) is 0 Å². The lowest BCUT2D eigenvalue weighted by Gasteiger charge is -2.14. The Hall–Kier alpha value is -1.84. The number of carbonyl (C=O) groups excluding carboxylic acids is 2. The largest absolute Gasteiger partial charge is 0.485 e. The van der Waals surface area contributed by atoms with E-state index in [4.69, 9.17) is 10.5 Å². The van der Waals surface area contributed by atoms with Gasteiger partial charge in [0.1, 0.15) is 12.4 Å². The summed E-state index contributed by atoms with van der Waals surface area (Å²) < 4.78 is 5.67. The molecule has 0 saturated heterocycles. The molecular formula is C16H21NO3. The molecule has 0 spiro atoms. The van der Waals surface area contributed by atoms with Crippen molar-refractivity contribution >= 4 is 11.7 Å². The van der Waals surface area contributed by atoms with Crippen LogP contribution in [0.15, 0.2) is 12.1 Å². The van der Waals surface area contributed by atoms with Crippen LogP contribution in [0.25, 0.3) is 0 Å². The first-order valence-corrected chi connectivity index (χ1v) is 7.05. The summed E-state index contributed by atoms with van der Waals surface area (Å²) >= 11 is 0. The van der Waals surface area contributed by atoms with Gasteiger partial charge >= 0.3 is 0 Å². The number of aryl methyl sites for hydroxylation is 2. The fourth-order valence-corrected chi connectivity index (χ4v) is 2.83. The third-order valence-corrected chi connectivity index (χ3v) is 3.91. The summed E-state index contributed by atoms with van der Waals surface area (Å²) in [6, 6.07) is 3.40. The molecule has 1 aromatic rings. The molecule has 4 heteroatoms. The van der Waals surface area contributed by atoms with Crippen molar-refractivity contribution < 1.29 is 14.3 Å². The van der Waals surface area contributed by atoms with Crippen molar-refractivity contribution in [2.45, 2.75) is 39.5 Å². The second-order valence-electron chi connectivity index (χ2n) is 5.54. The monoisotopic (exact) mass is 275 g/mol. The van der Waals surface area contributed by atoms with Gasteiger partial charge < -0.3 is 10.5 Å². The van der Waals surface area contributed by atoms with E-state index in [2.05, 4.69) is 0 Å². The zero-order valence-corrected chi connectivity index (χ0v) is 12.1. The van der Waals surface area contributed by atoms with Crippen LogP contribution in [0.4, 0.5) is 0 Å². The summed E-state index contributed by atoms with van der Waals surface area (Å²) in [5.74, 6) is 0.576. The third kappa shape index (κ3) is 3.18. The summed E-state index contributed by atoms with van der Waals surface area (Å²) in [7, 11) is 0. The van der Waals surface area contributed by atoms with Crippen LogP contribution in [0, 0.1) is 19.8 Å². The quantitative estimate of drug-likeness (QED) is 0.897. The van der Waals surface area contributed by atoms with Gasteiger partial charge in [0.05, 0.1) is 0 Å². The van der Waals surface area contributed by atoms with Gasteiger partial charge in [-0.3, -0.25) is 9.59 Å². The summed E-state index contributed by atoms with van der Waals surface area (Å²) in [6.45, 7) is 3.83. The summed E-state index contributed by atoms with van der Waals surface area (Å²) in [6.07, 6.45) is 4.26. The predicted molar refractivity (Wildman–Crippen MR) is 76.9 cm³/mol. The Morgan fingerprint density at radius 2 is 1.75 bits per heavy atom. The molecule has 0 atom stereocenters. The van der Waals surface area contributed by atoms with Crippen LogP contribution < -0.4 is 10.5 Å². The van der Waals surface area contributed by atoms with E-state index in [1.54, 1.807) is 12.1 Å². The second kappa shape index (κ2) is 6.07. The van der Waals surface area contributed by atoms with E-state index in [1.165, 1.54) is 0 Å². The summed E-state index contributed by atoms with van der Waals surface area (Å²) in [5, 5.41) is 0. The van der Waals surface area contributed by atoms with Gasteiger partial charge in [-0.25, -0.2) is 0 Å². The van der Waals surface area contributed by atoms with E-state index in [0.29, 0.717) is 11.3 Å². The number of rotatable bonds is 5. The molecular weight excluding hydrogens is 254 g/mol. The number of Topliss-reactive ketones (excluding diaryl/α,β-unsaturated/α-hetero) is 1. The molecule has 1 saturated carbocycles. The molecule has 0 bridgehead atoms. The molecule has 2 rings (SSSR count). The highest BCUT2D eigenvalue weighted by Gasteiger charge is 2.23. The van der Waals surface area contributed by atoms with E-state index in [9.17, 15) is 9.59 Å². The molecule has 108 valence electrons. The standard InChI is InChI=1S/C16H21NO3/c1-10-7-13(16(17)19)8-11(2)15(10)20-9-14(18)12-5-3-4-6-12/h7-8,12H,3-6,9H2,1-2H3,(H2,17,19). The van der Waals surface area contributed by atoms with Crippen molar-refractivity contribution in [1.82, 2.24) is 0 Å². The topological polar surface area (TPSA) is 69.4 Å². The zero-order valence-electron chi connectivity index (χ0n) is 12.1. The van der Waals surface area contributed by atoms with Gasteiger partial charge in [0.2, 0.25) is 5.91 Å². The van der Waals surface area contributed by atoms with Gasteiger partial charge in [0.25, 0.3) is 0 Å². The van der Waals surface area contributed by atoms with E-state index in [1.807, 2.05) is 13.8 Å². The Bertz CT molecular complexity index is 508. The molecule has 20 heavy (non-hydrogen) atoms. The van der Waals surface area contributed by atoms with Crippen molar-refractivity contribution in [3.05, 3.63) is 28.8 Å². The van der Waals surface area contributed by atoms with Crippen LogP contribution in [0.3, 0.4) is 0 Å². The molecule has 1 fully saturated rings. The number of amides is 1. The van der Waals surface area contributed by atoms with Gasteiger partial charge in [0, 0.05) is 11.5 Å². The number of nitrogens with two attached hydrogens (primary N) is 1. The number of hydrogen-bond donors (Lipinski definition) is 1. The molecule has 1 aliphatic carbocycles. The van der Waals surface area contributed by atoms with Crippen molar-refractivity contribution in [1.29, 1.82) is 0 Å². The molecule has 0 radical (unpaired) electrons. The first-order chi connectivity index (χ1) is 9.49. The fourth-order valence-electron chi connectivity index (χ4n) is 2.83. The fraction of sp³-hybridized carbons (Fsp3) is 0.500. The van der Waals surface area contributed by atoms with E-state index >= 15 is 0 Å². The molecule has 1 amide bonds. The minimum Gasteiger partial charge on any atom is -0.485 e. The minimum absolute atomic E-state index is 0.113. The number of carbonyl (C=O) groups is 2. The molecule has 0 heterocycles. The highest BCUT2D eigenvalue weighted by atomic mass is 16.5. The van der Waals surface area contributed by atoms with E-state index < -0.39 is 5.91 Å². The van der Waals surface area contributed by atoms with Crippen LogP contribution in [-0.4, -0.2) is 18.3 Å². The Kier molecular flexibility index (Phi) is 4.42. The average molecular weight is 275 g/mol. The lowest BCUT2D eigenvalue weighted by atomic mass is 10.0. The lowest BCUT2D eigenvalue weighted by Crippen LogP contribution is -2.20. The minimum atomic E-state index is -0.454. The Balaban J connectivity index is 2.05. The van der Waals surface area contributed by atoms with Crippen molar-refractivity contribution in [3.8, 4) is 5.75 Å². The number of primary amides is 1. The van der Waals surface area contributed by atoms with Gasteiger partial charge in [-0.15, -0.1) is 0 Å². The van der Waals surface area contributed by atoms with Crippen LogP contribution >= 0.6 is 0 Å². The van der Waals surface area contributed by atoms with Crippen molar-refractivity contribution in [3.63, 3.8) is 0 Å². The molecule has 2 N–H and O–H groups in total. The van der Waals surface area contributed by atoms with Gasteiger partial charge in [-0.2, -0.15) is 0 Å². The van der Waals surface area contributed by atoms with E-state index in [0.717, 1.165) is 36.8 Å². The first kappa shape index (κ1) is 14.6. The maximum Gasteiger partial charge on any atom is 0.248 e. The number of ketones is 1. The first-order valence-electron chi connectivity index (χ1n) is 7.05. The highest BCUT2D eigenvalue weighted by molar-refractivity contribution is 5.93. The maximum absolute atomic E-state index is 12.0. The van der Waals surface area contributed by atoms with Crippen LogP contribution in [-0.2, 0) is 4.79 Å². The second-order valence-corrected chi connectivity index (χ2v) is 5.54. The SMILES string of the molecule is Cc1cc(C(N)=O)cc(C)c1OCC(=O)C1CCCC1. The normalized spacial score (nSPS) is 15.3. The summed E-state index contributed by atoms with van der Waals surface area (Å²) in [5.41, 5.74) is 7.40. The molecule has 4 nitrogen and oxygen atoms in total. The Morgan fingerprint density at radius 1 is 1.20 bits per heavy atom. The van der Waals surface area contributed by atoms with Gasteiger partial charge in [0.15, 0.2) is 5.78 Å². The Morgan fingerprint density at radius 3 is 2.25 bits per heavy atom. The summed E-state index contributed by atoms with van der Waals surface area (Å²) in [4.78, 5) is 23.2. The lowest BCUT2D eigenvalue weighted by molar-refractivity contribution is -0.124. The van der Waals surface area contributed by atoms with Crippen molar-refractivity contribution in [2.24, 2.45) is 11.7 Å². The number of ether oxygens (including phenoxy) is 1. The molecule has 0 unspecified atom stereocenters. The van der Waals surface area contributed by atoms with Gasteiger partial charge in [-0.05, 0) is 49.9 Å². The third-order valence-electron chi connectivity index (χ3n) is 3.91.